The summed E-state index contributed by atoms with van der Waals surface area (Å²) in [5, 5.41) is 10.8. The number of methoxy groups -OCH3 is 1. The number of rotatable bonds is 3. The highest BCUT2D eigenvalue weighted by atomic mass is 79.9. The molecule has 0 aromatic heterocycles. The Kier molecular flexibility index (Phi) is 3.41. The van der Waals surface area contributed by atoms with Gasteiger partial charge in [-0.3, -0.25) is 14.9 Å². The summed E-state index contributed by atoms with van der Waals surface area (Å²) in [6.07, 6.45) is 0. The smallest absolute Gasteiger partial charge is 0.322 e. The number of hydrogen-bond donors (Lipinski definition) is 0. The maximum atomic E-state index is 11.2. The largest absolute Gasteiger partial charge is 0.489 e. The summed E-state index contributed by atoms with van der Waals surface area (Å²) in [5.74, 6) is -0.305. The molecule has 1 aromatic carbocycles. The number of nitrogens with zero attached hydrogens (tertiary/aromatic N) is 1. The standard InChI is InChI=1S/C9H8BrNO4/c1-5(12)6-3-4-7(10)9(15-2)8(6)11(13)14/h3-4H,1-2H3. The van der Waals surface area contributed by atoms with Crippen LogP contribution in [0, 0.1) is 10.1 Å². The predicted molar refractivity (Wildman–Crippen MR) is 57.4 cm³/mol. The van der Waals surface area contributed by atoms with Gasteiger partial charge in [0.1, 0.15) is 0 Å². The number of carbonyl (C=O) groups excluding carboxylic acids is 1. The van der Waals surface area contributed by atoms with Crippen LogP contribution < -0.4 is 4.74 Å². The van der Waals surface area contributed by atoms with Crippen molar-refractivity contribution in [3.8, 4) is 5.75 Å². The fraction of sp³-hybridized carbons (Fsp3) is 0.222. The van der Waals surface area contributed by atoms with E-state index in [4.69, 9.17) is 4.74 Å². The Hall–Kier alpha value is -1.43. The molecule has 0 spiro atoms. The molecule has 0 radical (unpaired) electrons. The number of nitro benzene ring substituents is 1. The van der Waals surface area contributed by atoms with E-state index < -0.39 is 4.92 Å². The second-order valence-electron chi connectivity index (χ2n) is 2.79. The van der Waals surface area contributed by atoms with Crippen LogP contribution >= 0.6 is 15.9 Å². The van der Waals surface area contributed by atoms with Gasteiger partial charge in [0.2, 0.25) is 5.75 Å². The Morgan fingerprint density at radius 3 is 2.53 bits per heavy atom. The van der Waals surface area contributed by atoms with Gasteiger partial charge in [0, 0.05) is 0 Å². The maximum absolute atomic E-state index is 11.2. The molecule has 80 valence electrons. The van der Waals surface area contributed by atoms with E-state index in [-0.39, 0.29) is 22.8 Å². The average molecular weight is 274 g/mol. The Morgan fingerprint density at radius 1 is 1.53 bits per heavy atom. The van der Waals surface area contributed by atoms with E-state index in [2.05, 4.69) is 15.9 Å². The molecular weight excluding hydrogens is 266 g/mol. The molecule has 0 atom stereocenters. The lowest BCUT2D eigenvalue weighted by molar-refractivity contribution is -0.386. The Labute approximate surface area is 94.3 Å². The predicted octanol–water partition coefficient (Wildman–Crippen LogP) is 2.57. The van der Waals surface area contributed by atoms with Crippen molar-refractivity contribution in [2.45, 2.75) is 6.92 Å². The molecule has 1 rings (SSSR count). The molecule has 0 N–H and O–H groups in total. The lowest BCUT2D eigenvalue weighted by atomic mass is 10.1. The fourth-order valence-corrected chi connectivity index (χ4v) is 1.69. The Balaban J connectivity index is 3.56. The number of hydrogen-bond acceptors (Lipinski definition) is 4. The van der Waals surface area contributed by atoms with E-state index in [1.54, 1.807) is 6.07 Å². The van der Waals surface area contributed by atoms with Crippen LogP contribution in [-0.4, -0.2) is 17.8 Å². The van der Waals surface area contributed by atoms with Crippen molar-refractivity contribution < 1.29 is 14.5 Å². The normalized spacial score (nSPS) is 9.80. The van der Waals surface area contributed by atoms with Gasteiger partial charge < -0.3 is 4.74 Å². The quantitative estimate of drug-likeness (QED) is 0.482. The van der Waals surface area contributed by atoms with E-state index in [1.165, 1.54) is 20.1 Å². The van der Waals surface area contributed by atoms with Gasteiger partial charge in [-0.05, 0) is 35.0 Å². The minimum atomic E-state index is -0.625. The van der Waals surface area contributed by atoms with Crippen LogP contribution in [0.25, 0.3) is 0 Å². The molecule has 0 unspecified atom stereocenters. The number of halogens is 1. The lowest BCUT2D eigenvalue weighted by Gasteiger charge is -2.06. The summed E-state index contributed by atoms with van der Waals surface area (Å²) in [7, 11) is 1.32. The molecular formula is C9H8BrNO4. The van der Waals surface area contributed by atoms with E-state index in [0.29, 0.717) is 4.47 Å². The van der Waals surface area contributed by atoms with Crippen molar-refractivity contribution in [1.29, 1.82) is 0 Å². The van der Waals surface area contributed by atoms with Crippen LogP contribution in [0.3, 0.4) is 0 Å². The number of nitro groups is 1. The average Bonchev–Trinajstić information content (AvgIpc) is 2.16. The molecule has 0 heterocycles. The Morgan fingerprint density at radius 2 is 2.13 bits per heavy atom. The molecule has 0 aliphatic carbocycles. The van der Waals surface area contributed by atoms with E-state index >= 15 is 0 Å². The van der Waals surface area contributed by atoms with E-state index in [1.807, 2.05) is 0 Å². The number of carbonyl (C=O) groups is 1. The SMILES string of the molecule is COc1c(Br)ccc(C(C)=O)c1[N+](=O)[O-]. The summed E-state index contributed by atoms with van der Waals surface area (Å²) < 4.78 is 5.33. The number of ketones is 1. The summed E-state index contributed by atoms with van der Waals surface area (Å²) in [6.45, 7) is 1.27. The number of ether oxygens (including phenoxy) is 1. The first-order valence-corrected chi connectivity index (χ1v) is 4.80. The summed E-state index contributed by atoms with van der Waals surface area (Å²) in [6, 6.07) is 2.94. The molecule has 15 heavy (non-hydrogen) atoms. The lowest BCUT2D eigenvalue weighted by Crippen LogP contribution is -2.03. The van der Waals surface area contributed by atoms with E-state index in [0.717, 1.165) is 0 Å². The van der Waals surface area contributed by atoms with Gasteiger partial charge in [0.25, 0.3) is 0 Å². The van der Waals surface area contributed by atoms with Gasteiger partial charge in [-0.15, -0.1) is 0 Å². The van der Waals surface area contributed by atoms with Crippen LogP contribution in [0.4, 0.5) is 5.69 Å². The van der Waals surface area contributed by atoms with Gasteiger partial charge in [-0.25, -0.2) is 0 Å². The van der Waals surface area contributed by atoms with Crippen LogP contribution in [-0.2, 0) is 0 Å². The first kappa shape index (κ1) is 11.6. The van der Waals surface area contributed by atoms with Crippen LogP contribution in [0.15, 0.2) is 16.6 Å². The number of Topliss-reactive ketones (excluding diaryl/α,β-unsaturated/α-hetero) is 1. The molecule has 0 amide bonds. The fourth-order valence-electron chi connectivity index (χ4n) is 1.21. The van der Waals surface area contributed by atoms with Gasteiger partial charge in [0.15, 0.2) is 5.78 Å². The van der Waals surface area contributed by atoms with Crippen LogP contribution in [0.2, 0.25) is 0 Å². The van der Waals surface area contributed by atoms with Gasteiger partial charge in [0.05, 0.1) is 22.1 Å². The summed E-state index contributed by atoms with van der Waals surface area (Å²) >= 11 is 3.12. The second-order valence-corrected chi connectivity index (χ2v) is 3.64. The van der Waals surface area contributed by atoms with Crippen molar-refractivity contribution >= 4 is 27.4 Å². The first-order valence-electron chi connectivity index (χ1n) is 4.00. The zero-order chi connectivity index (χ0) is 11.6. The molecule has 0 aliphatic rings. The zero-order valence-electron chi connectivity index (χ0n) is 8.11. The number of benzene rings is 1. The second kappa shape index (κ2) is 4.39. The zero-order valence-corrected chi connectivity index (χ0v) is 9.70. The highest BCUT2D eigenvalue weighted by Crippen LogP contribution is 2.37. The minimum Gasteiger partial charge on any atom is -0.489 e. The van der Waals surface area contributed by atoms with Gasteiger partial charge in [-0.2, -0.15) is 0 Å². The van der Waals surface area contributed by atoms with Crippen LogP contribution in [0.5, 0.6) is 5.75 Å². The van der Waals surface area contributed by atoms with Crippen molar-refractivity contribution in [2.24, 2.45) is 0 Å². The minimum absolute atomic E-state index is 0.0417. The van der Waals surface area contributed by atoms with E-state index in [9.17, 15) is 14.9 Å². The molecule has 0 aliphatic heterocycles. The topological polar surface area (TPSA) is 69.4 Å². The van der Waals surface area contributed by atoms with Crippen molar-refractivity contribution in [3.05, 3.63) is 32.3 Å². The molecule has 1 aromatic rings. The first-order chi connectivity index (χ1) is 6.99. The molecule has 5 nitrogen and oxygen atoms in total. The monoisotopic (exact) mass is 273 g/mol. The third-order valence-electron chi connectivity index (χ3n) is 1.85. The van der Waals surface area contributed by atoms with Crippen LogP contribution in [0.1, 0.15) is 17.3 Å². The van der Waals surface area contributed by atoms with Gasteiger partial charge in [-0.1, -0.05) is 0 Å². The molecule has 0 fully saturated rings. The van der Waals surface area contributed by atoms with Crippen molar-refractivity contribution in [3.63, 3.8) is 0 Å². The molecule has 6 heteroatoms. The summed E-state index contributed by atoms with van der Waals surface area (Å²) in [5.41, 5.74) is -0.264. The van der Waals surface area contributed by atoms with Crippen molar-refractivity contribution in [2.75, 3.05) is 7.11 Å². The maximum Gasteiger partial charge on any atom is 0.322 e. The highest BCUT2D eigenvalue weighted by molar-refractivity contribution is 9.10. The molecule has 0 saturated carbocycles. The molecule has 0 saturated heterocycles. The Bertz CT molecular complexity index is 430. The summed E-state index contributed by atoms with van der Waals surface area (Å²) in [4.78, 5) is 21.4. The van der Waals surface area contributed by atoms with Gasteiger partial charge >= 0.3 is 5.69 Å². The van der Waals surface area contributed by atoms with Crippen molar-refractivity contribution in [1.82, 2.24) is 0 Å². The third kappa shape index (κ3) is 2.15. The third-order valence-corrected chi connectivity index (χ3v) is 2.47. The highest BCUT2D eigenvalue weighted by Gasteiger charge is 2.25. The molecule has 0 bridgehead atoms.